The van der Waals surface area contributed by atoms with Gasteiger partial charge in [-0.3, -0.25) is 4.79 Å². The van der Waals surface area contributed by atoms with Crippen LogP contribution in [-0.4, -0.2) is 37.5 Å². The zero-order valence-electron chi connectivity index (χ0n) is 11.0. The van der Waals surface area contributed by atoms with Crippen LogP contribution in [0.2, 0.25) is 0 Å². The van der Waals surface area contributed by atoms with Crippen molar-refractivity contribution in [3.8, 4) is 0 Å². The van der Waals surface area contributed by atoms with Crippen LogP contribution in [0.5, 0.6) is 0 Å². The maximum absolute atomic E-state index is 10.9. The lowest BCUT2D eigenvalue weighted by atomic mass is 9.80. The molecule has 0 unspecified atom stereocenters. The molecule has 0 amide bonds. The number of nitrogens with zero attached hydrogens (tertiary/aromatic N) is 2. The molecule has 0 spiro atoms. The quantitative estimate of drug-likeness (QED) is 0.472. The van der Waals surface area contributed by atoms with Crippen LogP contribution in [0.15, 0.2) is 11.2 Å². The number of aromatic nitrogens is 2. The molecule has 1 heterocycles. The topological polar surface area (TPSA) is 135 Å². The van der Waals surface area contributed by atoms with E-state index in [-0.39, 0.29) is 5.92 Å². The molecule has 0 atom stereocenters. The lowest BCUT2D eigenvalue weighted by Crippen LogP contribution is -2.38. The first-order valence-corrected chi connectivity index (χ1v) is 7.34. The summed E-state index contributed by atoms with van der Waals surface area (Å²) < 4.78 is 0. The molecule has 6 N–H and O–H groups in total. The van der Waals surface area contributed by atoms with Crippen LogP contribution in [0.4, 0.5) is 11.6 Å². The minimum Gasteiger partial charge on any atom is -0.481 e. The third-order valence-corrected chi connectivity index (χ3v) is 4.60. The van der Waals surface area contributed by atoms with Gasteiger partial charge >= 0.3 is 5.97 Å². The lowest BCUT2D eigenvalue weighted by molar-refractivity contribution is -0.144. The van der Waals surface area contributed by atoms with Crippen molar-refractivity contribution in [3.05, 3.63) is 6.07 Å². The van der Waals surface area contributed by atoms with Crippen LogP contribution in [-0.2, 0) is 4.79 Å². The highest BCUT2D eigenvalue weighted by atomic mass is 32.2. The van der Waals surface area contributed by atoms with E-state index >= 15 is 0 Å². The Kier molecular flexibility index (Phi) is 4.34. The van der Waals surface area contributed by atoms with Gasteiger partial charge in [-0.1, -0.05) is 11.8 Å². The minimum atomic E-state index is -0.876. The van der Waals surface area contributed by atoms with Gasteiger partial charge in [0, 0.05) is 11.8 Å². The minimum absolute atomic E-state index is 0.293. The summed E-state index contributed by atoms with van der Waals surface area (Å²) in [5.74, 6) is -0.142. The maximum atomic E-state index is 10.9. The number of carboxylic acid groups (broad SMARTS) is 1. The van der Waals surface area contributed by atoms with Crippen LogP contribution < -0.4 is 11.5 Å². The first-order valence-electron chi connectivity index (χ1n) is 6.36. The molecule has 0 aromatic carbocycles. The molecule has 0 bridgehead atoms. The second-order valence-electron chi connectivity index (χ2n) is 5.13. The highest BCUT2D eigenvalue weighted by Gasteiger charge is 2.35. The molecular weight excluding hydrogens is 280 g/mol. The second kappa shape index (κ2) is 5.84. The van der Waals surface area contributed by atoms with Gasteiger partial charge in [0.25, 0.3) is 0 Å². The number of nitrogens with two attached hydrogens (primary N) is 2. The normalized spacial score (nSPS) is 26.4. The summed E-state index contributed by atoms with van der Waals surface area (Å²) in [6, 6.07) is 1.47. The van der Waals surface area contributed by atoms with Crippen molar-refractivity contribution < 1.29 is 15.0 Å². The van der Waals surface area contributed by atoms with E-state index in [0.717, 1.165) is 0 Å². The summed E-state index contributed by atoms with van der Waals surface area (Å²) in [5.41, 5.74) is 10.3. The Hall–Kier alpha value is -1.54. The van der Waals surface area contributed by atoms with Gasteiger partial charge in [0.15, 0.2) is 5.16 Å². The van der Waals surface area contributed by atoms with Crippen LogP contribution in [0.25, 0.3) is 0 Å². The number of rotatable bonds is 4. The number of carboxylic acids is 1. The molecule has 1 aromatic rings. The Bertz CT molecular complexity index is 483. The van der Waals surface area contributed by atoms with Crippen molar-refractivity contribution in [2.75, 3.05) is 17.2 Å². The Morgan fingerprint density at radius 3 is 2.40 bits per heavy atom. The molecule has 20 heavy (non-hydrogen) atoms. The Balaban J connectivity index is 1.92. The van der Waals surface area contributed by atoms with E-state index in [1.807, 2.05) is 0 Å². The fourth-order valence-corrected chi connectivity index (χ4v) is 3.30. The molecule has 110 valence electrons. The molecule has 0 aliphatic heterocycles. The number of carbonyl (C=O) groups is 1. The van der Waals surface area contributed by atoms with Gasteiger partial charge in [0.2, 0.25) is 0 Å². The van der Waals surface area contributed by atoms with E-state index in [2.05, 4.69) is 9.97 Å². The highest BCUT2D eigenvalue weighted by molar-refractivity contribution is 7.99. The molecule has 1 aromatic heterocycles. The summed E-state index contributed by atoms with van der Waals surface area (Å²) in [6.07, 6.45) is 1.92. The van der Waals surface area contributed by atoms with Gasteiger partial charge in [0.05, 0.1) is 11.5 Å². The van der Waals surface area contributed by atoms with Crippen molar-refractivity contribution >= 4 is 29.4 Å². The number of nitrogen functional groups attached to an aromatic ring is 2. The number of hydrogen-bond acceptors (Lipinski definition) is 7. The smallest absolute Gasteiger partial charge is 0.306 e. The standard InChI is InChI=1S/C12H18N4O3S/c13-8-5-9(14)16-11(15-8)20-6-12(19)3-1-7(2-4-12)10(17)18/h5,7,19H,1-4,6H2,(H,17,18)(H4,13,14,15,16). The Morgan fingerprint density at radius 2 is 1.90 bits per heavy atom. The molecule has 8 heteroatoms. The molecule has 1 aliphatic carbocycles. The third-order valence-electron chi connectivity index (χ3n) is 3.48. The summed E-state index contributed by atoms with van der Waals surface area (Å²) in [7, 11) is 0. The fraction of sp³-hybridized carbons (Fsp3) is 0.583. The number of thioether (sulfide) groups is 1. The zero-order chi connectivity index (χ0) is 14.8. The monoisotopic (exact) mass is 298 g/mol. The molecular formula is C12H18N4O3S. The Morgan fingerprint density at radius 1 is 1.35 bits per heavy atom. The van der Waals surface area contributed by atoms with Crippen LogP contribution in [0, 0.1) is 5.92 Å². The predicted octanol–water partition coefficient (Wildman–Crippen LogP) is 0.739. The molecule has 7 nitrogen and oxygen atoms in total. The average molecular weight is 298 g/mol. The number of aliphatic carboxylic acids is 1. The predicted molar refractivity (Wildman–Crippen MR) is 76.1 cm³/mol. The van der Waals surface area contributed by atoms with Gasteiger partial charge < -0.3 is 21.7 Å². The average Bonchev–Trinajstić information content (AvgIpc) is 2.36. The van der Waals surface area contributed by atoms with Crippen molar-refractivity contribution in [1.29, 1.82) is 0 Å². The van der Waals surface area contributed by atoms with E-state index < -0.39 is 11.6 Å². The maximum Gasteiger partial charge on any atom is 0.306 e. The highest BCUT2D eigenvalue weighted by Crippen LogP contribution is 2.35. The van der Waals surface area contributed by atoms with Crippen molar-refractivity contribution in [2.45, 2.75) is 36.4 Å². The molecule has 1 fully saturated rings. The van der Waals surface area contributed by atoms with Gasteiger partial charge in [-0.05, 0) is 25.7 Å². The van der Waals surface area contributed by atoms with Crippen molar-refractivity contribution in [2.24, 2.45) is 5.92 Å². The SMILES string of the molecule is Nc1cc(N)nc(SCC2(O)CCC(C(=O)O)CC2)n1. The van der Waals surface area contributed by atoms with Gasteiger partial charge in [-0.25, -0.2) is 9.97 Å². The summed E-state index contributed by atoms with van der Waals surface area (Å²) >= 11 is 1.28. The van der Waals surface area contributed by atoms with E-state index in [0.29, 0.717) is 48.2 Å². The third kappa shape index (κ3) is 3.73. The fourth-order valence-electron chi connectivity index (χ4n) is 2.27. The van der Waals surface area contributed by atoms with Crippen molar-refractivity contribution in [3.63, 3.8) is 0 Å². The molecule has 0 radical (unpaired) electrons. The number of aliphatic hydroxyl groups is 1. The number of hydrogen-bond donors (Lipinski definition) is 4. The molecule has 0 saturated heterocycles. The summed E-state index contributed by atoms with van der Waals surface area (Å²) in [5, 5.41) is 19.8. The zero-order valence-corrected chi connectivity index (χ0v) is 11.8. The van der Waals surface area contributed by atoms with Gasteiger partial charge in [0.1, 0.15) is 11.6 Å². The van der Waals surface area contributed by atoms with E-state index in [1.54, 1.807) is 0 Å². The van der Waals surface area contributed by atoms with E-state index in [9.17, 15) is 9.90 Å². The van der Waals surface area contributed by atoms with E-state index in [4.69, 9.17) is 16.6 Å². The van der Waals surface area contributed by atoms with Crippen LogP contribution in [0.3, 0.4) is 0 Å². The van der Waals surface area contributed by atoms with E-state index in [1.165, 1.54) is 17.8 Å². The van der Waals surface area contributed by atoms with Crippen LogP contribution >= 0.6 is 11.8 Å². The summed E-state index contributed by atoms with van der Waals surface area (Å²) in [4.78, 5) is 19.0. The largest absolute Gasteiger partial charge is 0.481 e. The summed E-state index contributed by atoms with van der Waals surface area (Å²) in [6.45, 7) is 0. The lowest BCUT2D eigenvalue weighted by Gasteiger charge is -2.34. The Labute approximate surface area is 120 Å². The second-order valence-corrected chi connectivity index (χ2v) is 6.07. The first-order chi connectivity index (χ1) is 9.38. The van der Waals surface area contributed by atoms with Crippen LogP contribution in [0.1, 0.15) is 25.7 Å². The molecule has 1 aliphatic rings. The van der Waals surface area contributed by atoms with Gasteiger partial charge in [-0.2, -0.15) is 0 Å². The molecule has 2 rings (SSSR count). The van der Waals surface area contributed by atoms with Gasteiger partial charge in [-0.15, -0.1) is 0 Å². The number of anilines is 2. The first kappa shape index (κ1) is 14.9. The molecule has 1 saturated carbocycles. The van der Waals surface area contributed by atoms with Crippen molar-refractivity contribution in [1.82, 2.24) is 9.97 Å².